The van der Waals surface area contributed by atoms with E-state index in [0.717, 1.165) is 19.0 Å². The van der Waals surface area contributed by atoms with Crippen molar-refractivity contribution >= 4 is 5.69 Å². The highest BCUT2D eigenvalue weighted by atomic mass is 19.4. The lowest BCUT2D eigenvalue weighted by atomic mass is 9.85. The molecule has 0 aromatic heterocycles. The summed E-state index contributed by atoms with van der Waals surface area (Å²) in [4.78, 5) is 1.98. The fourth-order valence-electron chi connectivity index (χ4n) is 2.75. The smallest absolute Gasteiger partial charge is 0.370 e. The Morgan fingerprint density at radius 1 is 1.25 bits per heavy atom. The summed E-state index contributed by atoms with van der Waals surface area (Å²) in [7, 11) is 0. The molecule has 2 rings (SSSR count). The average Bonchev–Trinajstić information content (AvgIpc) is 2.37. The lowest BCUT2D eigenvalue weighted by molar-refractivity contribution is -0.137. The highest BCUT2D eigenvalue weighted by Gasteiger charge is 2.32. The van der Waals surface area contributed by atoms with Crippen molar-refractivity contribution < 1.29 is 13.2 Å². The zero-order chi connectivity index (χ0) is 14.9. The molecule has 0 saturated carbocycles. The van der Waals surface area contributed by atoms with Crippen LogP contribution in [0.1, 0.15) is 25.8 Å². The van der Waals surface area contributed by atoms with Crippen LogP contribution in [0.5, 0.6) is 0 Å². The molecule has 0 amide bonds. The van der Waals surface area contributed by atoms with Crippen LogP contribution < -0.4 is 10.6 Å². The van der Waals surface area contributed by atoms with Crippen LogP contribution in [0.25, 0.3) is 0 Å². The molecule has 1 saturated heterocycles. The maximum atomic E-state index is 12.8. The van der Waals surface area contributed by atoms with E-state index >= 15 is 0 Å². The standard InChI is InChI=1S/C15H21F3N2/c1-10(2)11-6-13(19)9-20(8-11)14-5-3-4-12(7-14)15(16,17)18/h3-5,7,10-11,13H,6,8-9,19H2,1-2H3. The SMILES string of the molecule is CC(C)C1CC(N)CN(c2cccc(C(F)(F)F)c2)C1. The van der Waals surface area contributed by atoms with Gasteiger partial charge in [-0.3, -0.25) is 0 Å². The Hall–Kier alpha value is -1.23. The molecule has 2 atom stereocenters. The van der Waals surface area contributed by atoms with Crippen molar-refractivity contribution in [2.24, 2.45) is 17.6 Å². The molecule has 0 aliphatic carbocycles. The second-order valence-electron chi connectivity index (χ2n) is 5.95. The van der Waals surface area contributed by atoms with Crippen molar-refractivity contribution in [3.63, 3.8) is 0 Å². The van der Waals surface area contributed by atoms with Crippen LogP contribution >= 0.6 is 0 Å². The average molecular weight is 286 g/mol. The first-order chi connectivity index (χ1) is 9.27. The molecule has 1 aromatic rings. The summed E-state index contributed by atoms with van der Waals surface area (Å²) < 4.78 is 38.3. The Labute approximate surface area is 117 Å². The fourth-order valence-corrected chi connectivity index (χ4v) is 2.75. The van der Waals surface area contributed by atoms with Gasteiger partial charge < -0.3 is 10.6 Å². The fraction of sp³-hybridized carbons (Fsp3) is 0.600. The molecular formula is C15H21F3N2. The van der Waals surface area contributed by atoms with Gasteiger partial charge in [-0.15, -0.1) is 0 Å². The monoisotopic (exact) mass is 286 g/mol. The maximum absolute atomic E-state index is 12.8. The van der Waals surface area contributed by atoms with E-state index in [2.05, 4.69) is 13.8 Å². The van der Waals surface area contributed by atoms with Gasteiger partial charge >= 0.3 is 6.18 Å². The first-order valence-electron chi connectivity index (χ1n) is 6.95. The zero-order valence-electron chi connectivity index (χ0n) is 11.8. The molecule has 2 unspecified atom stereocenters. The van der Waals surface area contributed by atoms with Crippen LogP contribution in [0.15, 0.2) is 24.3 Å². The number of nitrogens with two attached hydrogens (primary N) is 1. The summed E-state index contributed by atoms with van der Waals surface area (Å²) in [5.41, 5.74) is 6.06. The summed E-state index contributed by atoms with van der Waals surface area (Å²) in [6, 6.07) is 5.53. The van der Waals surface area contributed by atoms with Crippen LogP contribution in [0.2, 0.25) is 0 Å². The Kier molecular flexibility index (Phi) is 4.28. The van der Waals surface area contributed by atoms with Gasteiger partial charge in [0, 0.05) is 24.8 Å². The van der Waals surface area contributed by atoms with Gasteiger partial charge in [0.2, 0.25) is 0 Å². The maximum Gasteiger partial charge on any atom is 0.416 e. The van der Waals surface area contributed by atoms with Crippen LogP contribution in [0.3, 0.4) is 0 Å². The van der Waals surface area contributed by atoms with E-state index in [0.29, 0.717) is 24.1 Å². The molecule has 5 heteroatoms. The third kappa shape index (κ3) is 3.45. The Bertz CT molecular complexity index is 457. The van der Waals surface area contributed by atoms with E-state index in [-0.39, 0.29) is 6.04 Å². The van der Waals surface area contributed by atoms with Gasteiger partial charge in [-0.25, -0.2) is 0 Å². The van der Waals surface area contributed by atoms with Crippen molar-refractivity contribution in [2.75, 3.05) is 18.0 Å². The molecule has 1 aliphatic rings. The third-order valence-electron chi connectivity index (χ3n) is 4.00. The van der Waals surface area contributed by atoms with Gasteiger partial charge in [-0.2, -0.15) is 13.2 Å². The topological polar surface area (TPSA) is 29.3 Å². The molecule has 0 bridgehead atoms. The van der Waals surface area contributed by atoms with Crippen LogP contribution in [-0.2, 0) is 6.18 Å². The lowest BCUT2D eigenvalue weighted by Crippen LogP contribution is -2.48. The van der Waals surface area contributed by atoms with E-state index in [1.165, 1.54) is 12.1 Å². The highest BCUT2D eigenvalue weighted by molar-refractivity contribution is 5.50. The summed E-state index contributed by atoms with van der Waals surface area (Å²) in [5.74, 6) is 0.906. The van der Waals surface area contributed by atoms with E-state index < -0.39 is 11.7 Å². The minimum atomic E-state index is -4.30. The normalized spacial score (nSPS) is 24.2. The molecule has 0 radical (unpaired) electrons. The van der Waals surface area contributed by atoms with E-state index in [1.54, 1.807) is 6.07 Å². The third-order valence-corrected chi connectivity index (χ3v) is 4.00. The minimum absolute atomic E-state index is 0.0192. The van der Waals surface area contributed by atoms with Gasteiger partial charge in [0.05, 0.1) is 5.56 Å². The van der Waals surface area contributed by atoms with Crippen molar-refractivity contribution in [3.05, 3.63) is 29.8 Å². The molecule has 0 spiro atoms. The predicted octanol–water partition coefficient (Wildman–Crippen LogP) is 3.52. The summed E-state index contributed by atoms with van der Waals surface area (Å²) in [5, 5.41) is 0. The Morgan fingerprint density at radius 2 is 1.95 bits per heavy atom. The van der Waals surface area contributed by atoms with Crippen molar-refractivity contribution in [1.29, 1.82) is 0 Å². The van der Waals surface area contributed by atoms with Crippen LogP contribution in [0, 0.1) is 11.8 Å². The van der Waals surface area contributed by atoms with Crippen LogP contribution in [-0.4, -0.2) is 19.1 Å². The van der Waals surface area contributed by atoms with Crippen molar-refractivity contribution in [2.45, 2.75) is 32.5 Å². The number of benzene rings is 1. The van der Waals surface area contributed by atoms with Crippen molar-refractivity contribution in [1.82, 2.24) is 0 Å². The number of halogens is 3. The first-order valence-corrected chi connectivity index (χ1v) is 6.95. The quantitative estimate of drug-likeness (QED) is 0.901. The number of piperidine rings is 1. The minimum Gasteiger partial charge on any atom is -0.370 e. The predicted molar refractivity (Wildman–Crippen MR) is 74.6 cm³/mol. The van der Waals surface area contributed by atoms with E-state index in [9.17, 15) is 13.2 Å². The van der Waals surface area contributed by atoms with Gasteiger partial charge in [-0.05, 0) is 36.5 Å². The highest BCUT2D eigenvalue weighted by Crippen LogP contribution is 2.33. The molecule has 1 fully saturated rings. The molecular weight excluding hydrogens is 265 g/mol. The molecule has 1 heterocycles. The van der Waals surface area contributed by atoms with Gasteiger partial charge in [0.1, 0.15) is 0 Å². The lowest BCUT2D eigenvalue weighted by Gasteiger charge is -2.39. The molecule has 20 heavy (non-hydrogen) atoms. The number of alkyl halides is 3. The molecule has 2 N–H and O–H groups in total. The number of hydrogen-bond donors (Lipinski definition) is 1. The Balaban J connectivity index is 2.22. The molecule has 2 nitrogen and oxygen atoms in total. The van der Waals surface area contributed by atoms with Gasteiger partial charge in [0.15, 0.2) is 0 Å². The number of nitrogens with zero attached hydrogens (tertiary/aromatic N) is 1. The second kappa shape index (κ2) is 5.64. The number of hydrogen-bond acceptors (Lipinski definition) is 2. The van der Waals surface area contributed by atoms with Crippen molar-refractivity contribution in [3.8, 4) is 0 Å². The zero-order valence-corrected chi connectivity index (χ0v) is 11.8. The number of anilines is 1. The molecule has 1 aliphatic heterocycles. The summed E-state index contributed by atoms with van der Waals surface area (Å²) >= 11 is 0. The Morgan fingerprint density at radius 3 is 2.55 bits per heavy atom. The molecule has 112 valence electrons. The van der Waals surface area contributed by atoms with Gasteiger partial charge in [-0.1, -0.05) is 19.9 Å². The molecule has 1 aromatic carbocycles. The number of rotatable bonds is 2. The largest absolute Gasteiger partial charge is 0.416 e. The summed E-state index contributed by atoms with van der Waals surface area (Å²) in [6.07, 6.45) is -3.36. The first kappa shape index (κ1) is 15.2. The van der Waals surface area contributed by atoms with Gasteiger partial charge in [0.25, 0.3) is 0 Å². The van der Waals surface area contributed by atoms with Crippen LogP contribution in [0.4, 0.5) is 18.9 Å². The van der Waals surface area contributed by atoms with E-state index in [1.807, 2.05) is 4.90 Å². The van der Waals surface area contributed by atoms with E-state index in [4.69, 9.17) is 5.73 Å². The summed E-state index contributed by atoms with van der Waals surface area (Å²) in [6.45, 7) is 5.65. The second-order valence-corrected chi connectivity index (χ2v) is 5.95.